The molecule has 11 heteroatoms. The Morgan fingerprint density at radius 1 is 1.03 bits per heavy atom. The van der Waals surface area contributed by atoms with Crippen molar-refractivity contribution in [1.29, 1.82) is 0 Å². The van der Waals surface area contributed by atoms with Gasteiger partial charge < -0.3 is 15.1 Å². The third-order valence-corrected chi connectivity index (χ3v) is 7.53. The van der Waals surface area contributed by atoms with E-state index < -0.39 is 0 Å². The van der Waals surface area contributed by atoms with Crippen LogP contribution in [0.15, 0.2) is 40.5 Å². The smallest absolute Gasteiger partial charge is 0.251 e. The molecule has 1 aromatic carbocycles. The van der Waals surface area contributed by atoms with Crippen molar-refractivity contribution in [2.75, 3.05) is 43.4 Å². The number of nitrogens with one attached hydrogen (secondary N) is 2. The first kappa shape index (κ1) is 25.3. The summed E-state index contributed by atoms with van der Waals surface area (Å²) in [6, 6.07) is 7.58. The highest BCUT2D eigenvalue weighted by Gasteiger charge is 2.20. The van der Waals surface area contributed by atoms with Gasteiger partial charge in [0, 0.05) is 53.8 Å². The molecule has 1 amide bonds. The molecule has 2 aromatic heterocycles. The van der Waals surface area contributed by atoms with E-state index in [9.17, 15) is 4.79 Å². The van der Waals surface area contributed by atoms with E-state index in [0.29, 0.717) is 28.5 Å². The van der Waals surface area contributed by atoms with Crippen LogP contribution in [0.25, 0.3) is 0 Å². The standard InChI is InChI=1S/C24H32N8OS2/c1-15(2)19-14-25-23(35-19)28-21-27-22(32-12-10-31(5)11-13-32)30-24(29-21)34-18-8-6-17(7-9-18)20(33)26-16(3)4/h6-9,14-16H,10-13H2,1-5H3,(H,26,33)(H,25,27,28,29,30). The fourth-order valence-electron chi connectivity index (χ4n) is 3.43. The minimum atomic E-state index is -0.0789. The third-order valence-electron chi connectivity index (χ3n) is 5.45. The molecule has 1 fully saturated rings. The summed E-state index contributed by atoms with van der Waals surface area (Å²) < 4.78 is 0. The maximum Gasteiger partial charge on any atom is 0.251 e. The van der Waals surface area contributed by atoms with Crippen molar-refractivity contribution in [3.63, 3.8) is 0 Å². The maximum atomic E-state index is 12.3. The van der Waals surface area contributed by atoms with Gasteiger partial charge in [-0.05, 0) is 62.8 Å². The molecule has 1 aliphatic heterocycles. The SMILES string of the molecule is CC(C)NC(=O)c1ccc(Sc2nc(Nc3ncc(C(C)C)s3)nc(N3CCN(C)CC3)n2)cc1. The van der Waals surface area contributed by atoms with E-state index in [2.05, 4.69) is 51.3 Å². The van der Waals surface area contributed by atoms with Gasteiger partial charge in [0.15, 0.2) is 10.3 Å². The van der Waals surface area contributed by atoms with Gasteiger partial charge in [-0.2, -0.15) is 15.0 Å². The Labute approximate surface area is 214 Å². The number of hydrogen-bond acceptors (Lipinski definition) is 10. The highest BCUT2D eigenvalue weighted by molar-refractivity contribution is 7.99. The van der Waals surface area contributed by atoms with Gasteiger partial charge in [-0.15, -0.1) is 11.3 Å². The molecule has 0 unspecified atom stereocenters. The summed E-state index contributed by atoms with van der Waals surface area (Å²) in [5.74, 6) is 1.48. The van der Waals surface area contributed by atoms with Crippen LogP contribution in [0.4, 0.5) is 17.0 Å². The van der Waals surface area contributed by atoms with Crippen LogP contribution in [0.5, 0.6) is 0 Å². The van der Waals surface area contributed by atoms with E-state index in [-0.39, 0.29) is 11.9 Å². The van der Waals surface area contributed by atoms with Crippen LogP contribution < -0.4 is 15.5 Å². The highest BCUT2D eigenvalue weighted by Crippen LogP contribution is 2.30. The second-order valence-corrected chi connectivity index (χ2v) is 11.2. The number of benzene rings is 1. The van der Waals surface area contributed by atoms with Crippen LogP contribution in [0, 0.1) is 0 Å². The van der Waals surface area contributed by atoms with Crippen LogP contribution in [-0.2, 0) is 0 Å². The Bertz CT molecular complexity index is 1140. The number of hydrogen-bond donors (Lipinski definition) is 2. The zero-order chi connectivity index (χ0) is 24.9. The molecule has 0 bridgehead atoms. The number of piperazine rings is 1. The number of amides is 1. The largest absolute Gasteiger partial charge is 0.350 e. The fraction of sp³-hybridized carbons (Fsp3) is 0.458. The van der Waals surface area contributed by atoms with Crippen molar-refractivity contribution in [3.8, 4) is 0 Å². The summed E-state index contributed by atoms with van der Waals surface area (Å²) in [6.07, 6.45) is 1.90. The number of thiazole rings is 1. The van der Waals surface area contributed by atoms with Crippen molar-refractivity contribution >= 4 is 46.0 Å². The fourth-order valence-corrected chi connectivity index (χ4v) is 4.98. The molecule has 1 saturated heterocycles. The quantitative estimate of drug-likeness (QED) is 0.459. The van der Waals surface area contributed by atoms with E-state index in [1.165, 1.54) is 16.6 Å². The summed E-state index contributed by atoms with van der Waals surface area (Å²) in [4.78, 5) is 37.5. The van der Waals surface area contributed by atoms with Crippen LogP contribution >= 0.6 is 23.1 Å². The monoisotopic (exact) mass is 512 g/mol. The maximum absolute atomic E-state index is 12.3. The Morgan fingerprint density at radius 2 is 1.74 bits per heavy atom. The number of rotatable bonds is 8. The molecule has 3 aromatic rings. The van der Waals surface area contributed by atoms with Gasteiger partial charge in [-0.1, -0.05) is 13.8 Å². The predicted octanol–water partition coefficient (Wildman–Crippen LogP) is 4.24. The average molecular weight is 513 g/mol. The average Bonchev–Trinajstić information content (AvgIpc) is 3.28. The first-order valence-corrected chi connectivity index (χ1v) is 13.4. The second-order valence-electron chi connectivity index (χ2n) is 9.13. The van der Waals surface area contributed by atoms with E-state index >= 15 is 0 Å². The van der Waals surface area contributed by atoms with Gasteiger partial charge in [-0.25, -0.2) is 4.98 Å². The lowest BCUT2D eigenvalue weighted by atomic mass is 10.2. The lowest BCUT2D eigenvalue weighted by Crippen LogP contribution is -2.45. The molecule has 3 heterocycles. The number of nitrogens with zero attached hydrogens (tertiary/aromatic N) is 6. The van der Waals surface area contributed by atoms with Crippen LogP contribution in [0.1, 0.15) is 48.8 Å². The summed E-state index contributed by atoms with van der Waals surface area (Å²) in [6.45, 7) is 11.8. The molecule has 186 valence electrons. The molecule has 0 aliphatic carbocycles. The van der Waals surface area contributed by atoms with Gasteiger partial charge in [0.05, 0.1) is 0 Å². The van der Waals surface area contributed by atoms with Crippen molar-refractivity contribution < 1.29 is 4.79 Å². The topological polar surface area (TPSA) is 99.2 Å². The van der Waals surface area contributed by atoms with Gasteiger partial charge in [0.2, 0.25) is 11.9 Å². The van der Waals surface area contributed by atoms with Crippen molar-refractivity contribution in [1.82, 2.24) is 30.2 Å². The molecule has 4 rings (SSSR count). The molecule has 35 heavy (non-hydrogen) atoms. The number of aromatic nitrogens is 4. The van der Waals surface area contributed by atoms with E-state index in [1.54, 1.807) is 11.3 Å². The molecule has 0 radical (unpaired) electrons. The van der Waals surface area contributed by atoms with Gasteiger partial charge in [0.25, 0.3) is 5.91 Å². The lowest BCUT2D eigenvalue weighted by molar-refractivity contribution is 0.0943. The number of anilines is 3. The van der Waals surface area contributed by atoms with Gasteiger partial charge in [-0.3, -0.25) is 10.1 Å². The van der Waals surface area contributed by atoms with Gasteiger partial charge in [0.1, 0.15) is 0 Å². The van der Waals surface area contributed by atoms with E-state index in [0.717, 1.165) is 36.2 Å². The number of carbonyl (C=O) groups is 1. The van der Waals surface area contributed by atoms with Crippen LogP contribution in [0.3, 0.4) is 0 Å². The van der Waals surface area contributed by atoms with Crippen LogP contribution in [-0.4, -0.2) is 70.0 Å². The molecule has 0 saturated carbocycles. The summed E-state index contributed by atoms with van der Waals surface area (Å²) in [5, 5.41) is 7.55. The molecular weight excluding hydrogens is 480 g/mol. The first-order valence-electron chi connectivity index (χ1n) is 11.8. The molecular formula is C24H32N8OS2. The van der Waals surface area contributed by atoms with Crippen molar-refractivity contribution in [2.45, 2.75) is 49.7 Å². The number of likely N-dealkylation sites (N-methyl/N-ethyl adjacent to an activating group) is 1. The van der Waals surface area contributed by atoms with Gasteiger partial charge >= 0.3 is 0 Å². The molecule has 1 aliphatic rings. The Morgan fingerprint density at radius 3 is 2.37 bits per heavy atom. The zero-order valence-corrected chi connectivity index (χ0v) is 22.4. The minimum Gasteiger partial charge on any atom is -0.350 e. The van der Waals surface area contributed by atoms with Crippen LogP contribution in [0.2, 0.25) is 0 Å². The van der Waals surface area contributed by atoms with Crippen molar-refractivity contribution in [3.05, 3.63) is 40.9 Å². The molecule has 0 spiro atoms. The van der Waals surface area contributed by atoms with E-state index in [4.69, 9.17) is 9.97 Å². The molecule has 9 nitrogen and oxygen atoms in total. The minimum absolute atomic E-state index is 0.0789. The third kappa shape index (κ3) is 6.89. The van der Waals surface area contributed by atoms with Crippen molar-refractivity contribution in [2.24, 2.45) is 0 Å². The zero-order valence-electron chi connectivity index (χ0n) is 20.8. The Kier molecular flexibility index (Phi) is 8.19. The summed E-state index contributed by atoms with van der Waals surface area (Å²) >= 11 is 3.06. The first-order chi connectivity index (χ1) is 16.8. The van der Waals surface area contributed by atoms with E-state index in [1.807, 2.05) is 44.3 Å². The predicted molar refractivity (Wildman–Crippen MR) is 142 cm³/mol. The number of carbonyl (C=O) groups excluding carboxylic acids is 1. The second kappa shape index (κ2) is 11.3. The highest BCUT2D eigenvalue weighted by atomic mass is 32.2. The lowest BCUT2D eigenvalue weighted by Gasteiger charge is -2.32. The Hall–Kier alpha value is -2.76. The molecule has 0 atom stereocenters. The summed E-state index contributed by atoms with van der Waals surface area (Å²) in [7, 11) is 2.12. The molecule has 2 N–H and O–H groups in total. The Balaban J connectivity index is 1.56. The summed E-state index contributed by atoms with van der Waals surface area (Å²) in [5.41, 5.74) is 0.629. The normalized spacial score (nSPS) is 14.5.